The molecule has 6 nitrogen and oxygen atoms in total. The summed E-state index contributed by atoms with van der Waals surface area (Å²) in [6, 6.07) is 12.9. The summed E-state index contributed by atoms with van der Waals surface area (Å²) in [6.45, 7) is 2.53. The molecule has 1 N–H and O–H groups in total. The maximum absolute atomic E-state index is 8.80. The molecule has 0 radical (unpaired) electrons. The summed E-state index contributed by atoms with van der Waals surface area (Å²) in [6.07, 6.45) is 0. The van der Waals surface area contributed by atoms with E-state index in [0.29, 0.717) is 29.7 Å². The Kier molecular flexibility index (Phi) is 3.39. The van der Waals surface area contributed by atoms with Gasteiger partial charge in [-0.15, -0.1) is 0 Å². The van der Waals surface area contributed by atoms with Gasteiger partial charge in [-0.1, -0.05) is 17.3 Å². The van der Waals surface area contributed by atoms with Crippen LogP contribution in [0.1, 0.15) is 12.6 Å². The normalized spacial score (nSPS) is 10.3. The van der Waals surface area contributed by atoms with E-state index in [9.17, 15) is 0 Å². The molecule has 0 saturated carbocycles. The average molecular weight is 280 g/mol. The van der Waals surface area contributed by atoms with Gasteiger partial charge in [-0.25, -0.2) is 0 Å². The monoisotopic (exact) mass is 280 g/mol. The van der Waals surface area contributed by atoms with Crippen molar-refractivity contribution in [3.8, 4) is 34.8 Å². The van der Waals surface area contributed by atoms with Crippen molar-refractivity contribution in [2.45, 2.75) is 6.92 Å². The Morgan fingerprint density at radius 2 is 2.24 bits per heavy atom. The molecule has 104 valence electrons. The molecule has 1 aromatic carbocycles. The van der Waals surface area contributed by atoms with Crippen LogP contribution in [0.4, 0.5) is 0 Å². The van der Waals surface area contributed by atoms with Gasteiger partial charge in [0.2, 0.25) is 5.82 Å². The van der Waals surface area contributed by atoms with E-state index >= 15 is 0 Å². The Morgan fingerprint density at radius 3 is 3.00 bits per heavy atom. The van der Waals surface area contributed by atoms with E-state index in [0.717, 1.165) is 11.3 Å². The number of nitriles is 1. The first-order chi connectivity index (χ1) is 10.3. The van der Waals surface area contributed by atoms with Crippen molar-refractivity contribution in [3.63, 3.8) is 0 Å². The summed E-state index contributed by atoms with van der Waals surface area (Å²) < 4.78 is 10.7. The lowest BCUT2D eigenvalue weighted by molar-refractivity contribution is 0.340. The molecule has 2 heterocycles. The van der Waals surface area contributed by atoms with Crippen LogP contribution in [0.5, 0.6) is 5.75 Å². The second-order valence-corrected chi connectivity index (χ2v) is 4.28. The van der Waals surface area contributed by atoms with E-state index in [-0.39, 0.29) is 0 Å². The average Bonchev–Trinajstić information content (AvgIpc) is 3.17. The Balaban J connectivity index is 1.91. The van der Waals surface area contributed by atoms with Crippen LogP contribution in [0.15, 0.2) is 40.9 Å². The number of benzene rings is 1. The van der Waals surface area contributed by atoms with Gasteiger partial charge in [-0.3, -0.25) is 0 Å². The third-order valence-corrected chi connectivity index (χ3v) is 2.87. The fourth-order valence-corrected chi connectivity index (χ4v) is 1.93. The Hall–Kier alpha value is -3.07. The van der Waals surface area contributed by atoms with Crippen molar-refractivity contribution in [1.29, 1.82) is 5.26 Å². The molecule has 0 atom stereocenters. The van der Waals surface area contributed by atoms with E-state index < -0.39 is 0 Å². The summed E-state index contributed by atoms with van der Waals surface area (Å²) in [5.41, 5.74) is 1.87. The molecule has 6 heteroatoms. The van der Waals surface area contributed by atoms with Crippen LogP contribution in [0.3, 0.4) is 0 Å². The number of nitrogens with one attached hydrogen (secondary N) is 1. The molecular formula is C15H12N4O2. The topological polar surface area (TPSA) is 87.7 Å². The standard InChI is InChI=1S/C15H12N4O2/c1-2-20-12-5-3-4-10(8-12)14-18-15(21-19-14)13-7-6-11(9-16)17-13/h3-8,17H,2H2,1H3. The largest absolute Gasteiger partial charge is 0.494 e. The molecule has 0 amide bonds. The number of aromatic amines is 1. The van der Waals surface area contributed by atoms with E-state index in [1.807, 2.05) is 37.3 Å². The molecular weight excluding hydrogens is 268 g/mol. The van der Waals surface area contributed by atoms with Crippen LogP contribution in [0.25, 0.3) is 23.0 Å². The number of rotatable bonds is 4. The van der Waals surface area contributed by atoms with Crippen LogP contribution in [0.2, 0.25) is 0 Å². The van der Waals surface area contributed by atoms with Gasteiger partial charge in [0, 0.05) is 5.56 Å². The first-order valence-electron chi connectivity index (χ1n) is 6.46. The van der Waals surface area contributed by atoms with E-state index in [2.05, 4.69) is 15.1 Å². The minimum absolute atomic E-state index is 0.341. The second-order valence-electron chi connectivity index (χ2n) is 4.28. The van der Waals surface area contributed by atoms with Crippen molar-refractivity contribution in [3.05, 3.63) is 42.1 Å². The van der Waals surface area contributed by atoms with Crippen LogP contribution in [-0.4, -0.2) is 21.7 Å². The first kappa shape index (κ1) is 12.9. The highest BCUT2D eigenvalue weighted by Crippen LogP contribution is 2.24. The molecule has 3 rings (SSSR count). The molecule has 0 aliphatic heterocycles. The fourth-order valence-electron chi connectivity index (χ4n) is 1.93. The van der Waals surface area contributed by atoms with E-state index in [1.165, 1.54) is 0 Å². The summed E-state index contributed by atoms with van der Waals surface area (Å²) >= 11 is 0. The van der Waals surface area contributed by atoms with Crippen molar-refractivity contribution < 1.29 is 9.26 Å². The zero-order valence-electron chi connectivity index (χ0n) is 11.3. The fraction of sp³-hybridized carbons (Fsp3) is 0.133. The molecule has 0 aliphatic carbocycles. The van der Waals surface area contributed by atoms with Crippen LogP contribution in [-0.2, 0) is 0 Å². The molecule has 0 bridgehead atoms. The van der Waals surface area contributed by atoms with Gasteiger partial charge < -0.3 is 14.2 Å². The molecule has 0 saturated heterocycles. The predicted molar refractivity (Wildman–Crippen MR) is 75.4 cm³/mol. The quantitative estimate of drug-likeness (QED) is 0.793. The second kappa shape index (κ2) is 5.51. The maximum atomic E-state index is 8.80. The number of ether oxygens (including phenoxy) is 1. The lowest BCUT2D eigenvalue weighted by Gasteiger charge is -2.02. The number of nitrogens with zero attached hydrogens (tertiary/aromatic N) is 3. The van der Waals surface area contributed by atoms with Crippen molar-refractivity contribution >= 4 is 0 Å². The summed E-state index contributed by atoms with van der Waals surface area (Å²) in [5, 5.41) is 12.8. The highest BCUT2D eigenvalue weighted by atomic mass is 16.5. The van der Waals surface area contributed by atoms with Gasteiger partial charge in [0.1, 0.15) is 23.2 Å². The Morgan fingerprint density at radius 1 is 1.33 bits per heavy atom. The number of hydrogen-bond acceptors (Lipinski definition) is 5. The Labute approximate surface area is 121 Å². The number of H-pyrrole nitrogens is 1. The summed E-state index contributed by atoms with van der Waals surface area (Å²) in [4.78, 5) is 7.22. The Bertz CT molecular complexity index is 798. The number of aromatic nitrogens is 3. The summed E-state index contributed by atoms with van der Waals surface area (Å²) in [7, 11) is 0. The zero-order chi connectivity index (χ0) is 14.7. The lowest BCUT2D eigenvalue weighted by atomic mass is 10.2. The molecule has 0 fully saturated rings. The van der Waals surface area contributed by atoms with Crippen molar-refractivity contribution in [2.75, 3.05) is 6.61 Å². The highest BCUT2D eigenvalue weighted by molar-refractivity contribution is 5.60. The zero-order valence-corrected chi connectivity index (χ0v) is 11.3. The van der Waals surface area contributed by atoms with E-state index in [1.54, 1.807) is 12.1 Å². The molecule has 0 aliphatic rings. The smallest absolute Gasteiger partial charge is 0.274 e. The maximum Gasteiger partial charge on any atom is 0.274 e. The molecule has 3 aromatic rings. The third kappa shape index (κ3) is 2.62. The molecule has 0 spiro atoms. The van der Waals surface area contributed by atoms with Gasteiger partial charge >= 0.3 is 0 Å². The molecule has 2 aromatic heterocycles. The minimum Gasteiger partial charge on any atom is -0.494 e. The first-order valence-corrected chi connectivity index (χ1v) is 6.46. The van der Waals surface area contributed by atoms with Gasteiger partial charge in [-0.05, 0) is 31.2 Å². The molecule has 21 heavy (non-hydrogen) atoms. The van der Waals surface area contributed by atoms with Gasteiger partial charge in [-0.2, -0.15) is 10.2 Å². The van der Waals surface area contributed by atoms with Gasteiger partial charge in [0.05, 0.1) is 6.61 Å². The van der Waals surface area contributed by atoms with Gasteiger partial charge in [0.25, 0.3) is 5.89 Å². The third-order valence-electron chi connectivity index (χ3n) is 2.87. The van der Waals surface area contributed by atoms with Crippen molar-refractivity contribution in [1.82, 2.24) is 15.1 Å². The van der Waals surface area contributed by atoms with Gasteiger partial charge in [0.15, 0.2) is 0 Å². The van der Waals surface area contributed by atoms with Crippen molar-refractivity contribution in [2.24, 2.45) is 0 Å². The minimum atomic E-state index is 0.341. The van der Waals surface area contributed by atoms with Crippen LogP contribution in [0, 0.1) is 11.3 Å². The van der Waals surface area contributed by atoms with E-state index in [4.69, 9.17) is 14.5 Å². The van der Waals surface area contributed by atoms with Crippen LogP contribution < -0.4 is 4.74 Å². The number of hydrogen-bond donors (Lipinski definition) is 1. The predicted octanol–water partition coefficient (Wildman–Crippen LogP) is 3.00. The summed E-state index contributed by atoms with van der Waals surface area (Å²) in [5.74, 6) is 1.57. The SMILES string of the molecule is CCOc1cccc(-c2noc(-c3ccc(C#N)[nH]3)n2)c1. The van der Waals surface area contributed by atoms with Crippen LogP contribution >= 0.6 is 0 Å². The highest BCUT2D eigenvalue weighted by Gasteiger charge is 2.12. The molecule has 0 unspecified atom stereocenters. The lowest BCUT2D eigenvalue weighted by Crippen LogP contribution is -1.91.